The molecule has 8 heteroatoms. The Balaban J connectivity index is 1.30. The van der Waals surface area contributed by atoms with Gasteiger partial charge in [-0.25, -0.2) is 9.59 Å². The van der Waals surface area contributed by atoms with E-state index in [2.05, 4.69) is 30.8 Å². The minimum Gasteiger partial charge on any atom is -0.494 e. The molecule has 0 aliphatic carbocycles. The lowest BCUT2D eigenvalue weighted by molar-refractivity contribution is -0.144. The van der Waals surface area contributed by atoms with E-state index >= 15 is 0 Å². The van der Waals surface area contributed by atoms with Crippen molar-refractivity contribution in [2.24, 2.45) is 11.8 Å². The van der Waals surface area contributed by atoms with Gasteiger partial charge in [-0.1, -0.05) is 110 Å². The fraction of sp³-hybridized carbons (Fsp3) is 0.237. The molecule has 46 heavy (non-hydrogen) atoms. The third kappa shape index (κ3) is 7.82. The molecule has 1 aliphatic heterocycles. The molecule has 0 saturated carbocycles. The van der Waals surface area contributed by atoms with Crippen molar-refractivity contribution in [1.29, 1.82) is 0 Å². The quantitative estimate of drug-likeness (QED) is 0.164. The molecule has 0 spiro atoms. The van der Waals surface area contributed by atoms with Crippen molar-refractivity contribution in [2.45, 2.75) is 31.4 Å². The fourth-order valence-corrected chi connectivity index (χ4v) is 6.23. The molecule has 0 aromatic heterocycles. The first-order chi connectivity index (χ1) is 22.3. The van der Waals surface area contributed by atoms with E-state index in [9.17, 15) is 24.6 Å². The molecule has 0 bridgehead atoms. The van der Waals surface area contributed by atoms with Crippen molar-refractivity contribution >= 4 is 23.6 Å². The Morgan fingerprint density at radius 1 is 0.826 bits per heavy atom. The molecule has 1 aliphatic rings. The molecule has 4 aromatic rings. The van der Waals surface area contributed by atoms with Gasteiger partial charge in [0.1, 0.15) is 18.4 Å². The molecular weight excluding hydrogens is 582 g/mol. The summed E-state index contributed by atoms with van der Waals surface area (Å²) >= 11 is 0. The van der Waals surface area contributed by atoms with Crippen LogP contribution < -0.4 is 4.74 Å². The smallest absolute Gasteiger partial charge is 0.410 e. The van der Waals surface area contributed by atoms with E-state index in [1.54, 1.807) is 12.1 Å². The van der Waals surface area contributed by atoms with E-state index < -0.39 is 42.3 Å². The largest absolute Gasteiger partial charge is 0.494 e. The maximum Gasteiger partial charge on any atom is 0.410 e. The molecule has 0 unspecified atom stereocenters. The summed E-state index contributed by atoms with van der Waals surface area (Å²) in [5.74, 6) is -3.22. The summed E-state index contributed by atoms with van der Waals surface area (Å²) in [7, 11) is 0. The van der Waals surface area contributed by atoms with E-state index in [4.69, 9.17) is 9.47 Å². The highest BCUT2D eigenvalue weighted by Crippen LogP contribution is 2.41. The highest BCUT2D eigenvalue weighted by atomic mass is 16.6. The Labute approximate surface area is 268 Å². The van der Waals surface area contributed by atoms with E-state index in [-0.39, 0.29) is 19.1 Å². The summed E-state index contributed by atoms with van der Waals surface area (Å²) < 4.78 is 11.7. The van der Waals surface area contributed by atoms with Crippen molar-refractivity contribution in [3.05, 3.63) is 144 Å². The van der Waals surface area contributed by atoms with Gasteiger partial charge in [0.15, 0.2) is 0 Å². The number of likely N-dealkylation sites (tertiary alicyclic amines) is 1. The van der Waals surface area contributed by atoms with E-state index in [1.165, 1.54) is 11.1 Å². The molecular formula is C38H37NO7. The molecule has 5 rings (SSSR count). The average molecular weight is 620 g/mol. The zero-order chi connectivity index (χ0) is 32.5. The van der Waals surface area contributed by atoms with Gasteiger partial charge in [-0.15, -0.1) is 0 Å². The highest BCUT2D eigenvalue weighted by Gasteiger charge is 2.50. The maximum atomic E-state index is 13.1. The summed E-state index contributed by atoms with van der Waals surface area (Å²) in [4.78, 5) is 38.6. The molecule has 1 amide bonds. The number of aliphatic carboxylic acids is 2. The van der Waals surface area contributed by atoms with Crippen LogP contribution >= 0.6 is 0 Å². The lowest BCUT2D eigenvalue weighted by atomic mass is 9.81. The predicted molar refractivity (Wildman–Crippen MR) is 174 cm³/mol. The van der Waals surface area contributed by atoms with Gasteiger partial charge >= 0.3 is 18.0 Å². The van der Waals surface area contributed by atoms with Gasteiger partial charge in [-0.05, 0) is 46.4 Å². The molecule has 1 fully saturated rings. The van der Waals surface area contributed by atoms with Crippen LogP contribution in [-0.2, 0) is 20.9 Å². The molecule has 1 saturated heterocycles. The van der Waals surface area contributed by atoms with Crippen molar-refractivity contribution in [3.63, 3.8) is 0 Å². The number of hydrogen-bond donors (Lipinski definition) is 2. The van der Waals surface area contributed by atoms with Gasteiger partial charge in [-0.3, -0.25) is 9.69 Å². The summed E-state index contributed by atoms with van der Waals surface area (Å²) in [5, 5.41) is 19.8. The number of amides is 1. The van der Waals surface area contributed by atoms with Gasteiger partial charge in [0.2, 0.25) is 0 Å². The third-order valence-electron chi connectivity index (χ3n) is 8.49. The topological polar surface area (TPSA) is 113 Å². The van der Waals surface area contributed by atoms with Crippen LogP contribution in [0.1, 0.15) is 41.0 Å². The lowest BCUT2D eigenvalue weighted by Crippen LogP contribution is -2.44. The number of carboxylic acid groups (broad SMARTS) is 2. The second kappa shape index (κ2) is 15.1. The molecule has 1 heterocycles. The molecule has 236 valence electrons. The molecule has 4 aromatic carbocycles. The predicted octanol–water partition coefficient (Wildman–Crippen LogP) is 7.11. The number of hydrogen-bond acceptors (Lipinski definition) is 5. The van der Waals surface area contributed by atoms with Gasteiger partial charge < -0.3 is 19.7 Å². The number of ether oxygens (including phenoxy) is 2. The van der Waals surface area contributed by atoms with Crippen LogP contribution in [0.15, 0.2) is 122 Å². The van der Waals surface area contributed by atoms with Crippen LogP contribution in [-0.4, -0.2) is 52.3 Å². The highest BCUT2D eigenvalue weighted by molar-refractivity contribution is 5.84. The number of carbonyl (C=O) groups is 3. The Hall–Kier alpha value is -5.37. The zero-order valence-electron chi connectivity index (χ0n) is 25.4. The first-order valence-electron chi connectivity index (χ1n) is 15.3. The van der Waals surface area contributed by atoms with Crippen LogP contribution in [0, 0.1) is 11.8 Å². The standard InChI is InChI=1S/C38H37NO7/c1-26(34-24-39(36(37(42)43)33(34)23-35(40)41)38(44)46-25-27-12-5-2-6-13-27)30-18-11-19-31(22-30)45-21-20-32(28-14-7-3-8-15-28)29-16-9-4-10-17-29/h2-19,22,32-34,36H,1,20-21,23-25H2,(H,40,41)(H,42,43)/t33-,34+,36-/m0/s1. The number of carboxylic acids is 2. The monoisotopic (exact) mass is 619 g/mol. The Kier molecular flexibility index (Phi) is 10.5. The zero-order valence-corrected chi connectivity index (χ0v) is 25.4. The molecule has 0 radical (unpaired) electrons. The van der Waals surface area contributed by atoms with Gasteiger partial charge in [0, 0.05) is 24.3 Å². The maximum absolute atomic E-state index is 13.1. The second-order valence-electron chi connectivity index (χ2n) is 11.4. The lowest BCUT2D eigenvalue weighted by Gasteiger charge is -2.24. The van der Waals surface area contributed by atoms with Crippen LogP contribution in [0.25, 0.3) is 5.57 Å². The van der Waals surface area contributed by atoms with Gasteiger partial charge in [0.25, 0.3) is 0 Å². The number of benzene rings is 4. The van der Waals surface area contributed by atoms with E-state index in [0.717, 1.165) is 16.9 Å². The summed E-state index contributed by atoms with van der Waals surface area (Å²) in [6.07, 6.45) is -0.520. The molecule has 2 N–H and O–H groups in total. The summed E-state index contributed by atoms with van der Waals surface area (Å²) in [5.41, 5.74) is 4.37. The summed E-state index contributed by atoms with van der Waals surface area (Å²) in [6.45, 7) is 4.62. The third-order valence-corrected chi connectivity index (χ3v) is 8.49. The molecule has 8 nitrogen and oxygen atoms in total. The first-order valence-corrected chi connectivity index (χ1v) is 15.3. The fourth-order valence-electron chi connectivity index (χ4n) is 6.23. The van der Waals surface area contributed by atoms with E-state index in [0.29, 0.717) is 23.5 Å². The van der Waals surface area contributed by atoms with Gasteiger partial charge in [0.05, 0.1) is 13.0 Å². The van der Waals surface area contributed by atoms with Crippen molar-refractivity contribution < 1.29 is 34.1 Å². The number of nitrogens with zero attached hydrogens (tertiary/aromatic N) is 1. The second-order valence-corrected chi connectivity index (χ2v) is 11.4. The summed E-state index contributed by atoms with van der Waals surface area (Å²) in [6, 6.07) is 35.5. The van der Waals surface area contributed by atoms with Crippen LogP contribution in [0.2, 0.25) is 0 Å². The van der Waals surface area contributed by atoms with Crippen LogP contribution in [0.5, 0.6) is 5.75 Å². The van der Waals surface area contributed by atoms with Crippen molar-refractivity contribution in [2.75, 3.05) is 13.2 Å². The first kappa shape index (κ1) is 32.0. The number of carbonyl (C=O) groups excluding carboxylic acids is 1. The van der Waals surface area contributed by atoms with E-state index in [1.807, 2.05) is 78.9 Å². The van der Waals surface area contributed by atoms with Crippen molar-refractivity contribution in [1.82, 2.24) is 4.90 Å². The van der Waals surface area contributed by atoms with Gasteiger partial charge in [-0.2, -0.15) is 0 Å². The van der Waals surface area contributed by atoms with Crippen LogP contribution in [0.3, 0.4) is 0 Å². The van der Waals surface area contributed by atoms with Crippen molar-refractivity contribution in [3.8, 4) is 5.75 Å². The Bertz CT molecular complexity index is 1600. The molecule has 3 atom stereocenters. The van der Waals surface area contributed by atoms with Crippen LogP contribution in [0.4, 0.5) is 4.79 Å². The normalized spacial score (nSPS) is 17.4. The Morgan fingerprint density at radius 2 is 1.43 bits per heavy atom. The SMILES string of the molecule is C=C(c1cccc(OCCC(c2ccccc2)c2ccccc2)c1)[C@H]1CN(C(=O)OCc2ccccc2)[C@H](C(=O)O)[C@H]1CC(=O)O. The number of rotatable bonds is 13. The average Bonchev–Trinajstić information content (AvgIpc) is 3.45. The Morgan fingerprint density at radius 3 is 2.02 bits per heavy atom. The minimum atomic E-state index is -1.38. The minimum absolute atomic E-state index is 0.0352.